The lowest BCUT2D eigenvalue weighted by Crippen LogP contribution is -2.43. The van der Waals surface area contributed by atoms with Gasteiger partial charge in [-0.1, -0.05) is 42.5 Å². The minimum Gasteiger partial charge on any atom is -0.507 e. The summed E-state index contributed by atoms with van der Waals surface area (Å²) in [5, 5.41) is 23.8. The Morgan fingerprint density at radius 1 is 0.878 bits per heavy atom. The molecule has 4 rings (SSSR count). The highest BCUT2D eigenvalue weighted by atomic mass is 19.4. The van der Waals surface area contributed by atoms with Crippen molar-refractivity contribution in [1.29, 1.82) is 0 Å². The maximum atomic E-state index is 13.1. The van der Waals surface area contributed by atoms with E-state index >= 15 is 0 Å². The fraction of sp³-hybridized carbons (Fsp3) is 0.133. The Balaban J connectivity index is 1.51. The number of carbonyl (C=O) groups excluding carboxylic acids is 2. The summed E-state index contributed by atoms with van der Waals surface area (Å²) in [4.78, 5) is 36.0. The normalized spacial score (nSPS) is 11.9. The minimum atomic E-state index is -4.49. The van der Waals surface area contributed by atoms with Crippen LogP contribution in [0.4, 0.5) is 18.9 Å². The molecule has 1 amide bonds. The first kappa shape index (κ1) is 28.8. The standard InChI is InChI=1S/C30H23F3N2O6/c1-41-29(38)26(16-18-2-4-19(5-3-18)20-8-13-24(14-9-20)35(39)40)34-28(37)25-17-22(10-15-27(25)36)21-6-11-23(12-7-21)30(31,32)33/h2-15,17,26,36H,16H2,1H3,(H,34,37)/t26-/m0/s1. The molecule has 0 heterocycles. The van der Waals surface area contributed by atoms with E-state index in [1.54, 1.807) is 36.4 Å². The zero-order chi connectivity index (χ0) is 29.7. The number of ether oxygens (including phenoxy) is 1. The first-order valence-electron chi connectivity index (χ1n) is 12.2. The number of halogens is 3. The van der Waals surface area contributed by atoms with Gasteiger partial charge in [0.05, 0.1) is 23.2 Å². The monoisotopic (exact) mass is 564 g/mol. The number of methoxy groups -OCH3 is 1. The number of rotatable bonds is 8. The molecule has 0 aromatic heterocycles. The molecule has 0 fully saturated rings. The third kappa shape index (κ3) is 6.88. The lowest BCUT2D eigenvalue weighted by atomic mass is 9.99. The van der Waals surface area contributed by atoms with Crippen molar-refractivity contribution < 1.29 is 37.5 Å². The van der Waals surface area contributed by atoms with Crippen molar-refractivity contribution in [2.45, 2.75) is 18.6 Å². The Kier molecular flexibility index (Phi) is 8.37. The van der Waals surface area contributed by atoms with Crippen LogP contribution in [0.5, 0.6) is 5.75 Å². The molecule has 0 saturated carbocycles. The lowest BCUT2D eigenvalue weighted by Gasteiger charge is -2.18. The van der Waals surface area contributed by atoms with Crippen molar-refractivity contribution in [3.05, 3.63) is 118 Å². The van der Waals surface area contributed by atoms with E-state index in [0.29, 0.717) is 16.7 Å². The summed E-state index contributed by atoms with van der Waals surface area (Å²) in [6.45, 7) is 0. The maximum Gasteiger partial charge on any atom is 0.416 e. The van der Waals surface area contributed by atoms with E-state index < -0.39 is 34.6 Å². The van der Waals surface area contributed by atoms with Crippen LogP contribution in [0, 0.1) is 10.1 Å². The molecule has 0 bridgehead atoms. The first-order chi connectivity index (χ1) is 19.5. The lowest BCUT2D eigenvalue weighted by molar-refractivity contribution is -0.384. The molecule has 210 valence electrons. The maximum absolute atomic E-state index is 13.1. The summed E-state index contributed by atoms with van der Waals surface area (Å²) in [7, 11) is 1.17. The number of aromatic hydroxyl groups is 1. The molecule has 41 heavy (non-hydrogen) atoms. The molecule has 1 atom stereocenters. The number of hydrogen-bond acceptors (Lipinski definition) is 6. The van der Waals surface area contributed by atoms with Crippen LogP contribution in [-0.4, -0.2) is 35.1 Å². The van der Waals surface area contributed by atoms with Crippen molar-refractivity contribution in [2.24, 2.45) is 0 Å². The molecule has 0 aliphatic heterocycles. The molecule has 0 saturated heterocycles. The number of nitro groups is 1. The second-order valence-electron chi connectivity index (χ2n) is 9.06. The molecule has 0 radical (unpaired) electrons. The molecular weight excluding hydrogens is 541 g/mol. The van der Waals surface area contributed by atoms with Gasteiger partial charge in [0.2, 0.25) is 0 Å². The van der Waals surface area contributed by atoms with Gasteiger partial charge in [-0.25, -0.2) is 4.79 Å². The highest BCUT2D eigenvalue weighted by molar-refractivity contribution is 6.00. The Morgan fingerprint density at radius 2 is 1.39 bits per heavy atom. The molecule has 0 aliphatic rings. The van der Waals surface area contributed by atoms with Gasteiger partial charge >= 0.3 is 12.1 Å². The number of nitrogens with one attached hydrogen (secondary N) is 1. The second kappa shape index (κ2) is 11.9. The van der Waals surface area contributed by atoms with E-state index in [9.17, 15) is 38.0 Å². The minimum absolute atomic E-state index is 0.0297. The quantitative estimate of drug-likeness (QED) is 0.150. The second-order valence-corrected chi connectivity index (χ2v) is 9.06. The molecule has 4 aromatic rings. The molecular formula is C30H23F3N2O6. The molecule has 8 nitrogen and oxygen atoms in total. The van der Waals surface area contributed by atoms with Gasteiger partial charge in [0, 0.05) is 18.6 Å². The van der Waals surface area contributed by atoms with Gasteiger partial charge in [-0.05, 0) is 64.2 Å². The SMILES string of the molecule is COC(=O)[C@H](Cc1ccc(-c2ccc([N+](=O)[O-])cc2)cc1)NC(=O)c1cc(-c2ccc(C(F)(F)F)cc2)ccc1O. The van der Waals surface area contributed by atoms with Gasteiger partial charge in [-0.3, -0.25) is 14.9 Å². The molecule has 11 heteroatoms. The summed E-state index contributed by atoms with van der Waals surface area (Å²) in [6, 6.07) is 20.3. The van der Waals surface area contributed by atoms with Gasteiger partial charge in [-0.15, -0.1) is 0 Å². The molecule has 0 unspecified atom stereocenters. The Bertz CT molecular complexity index is 1570. The van der Waals surface area contributed by atoms with Gasteiger partial charge < -0.3 is 15.2 Å². The van der Waals surface area contributed by atoms with E-state index in [1.807, 2.05) is 0 Å². The highest BCUT2D eigenvalue weighted by Gasteiger charge is 2.30. The predicted octanol–water partition coefficient (Wildman–Crippen LogP) is 6.17. The molecule has 0 spiro atoms. The first-order valence-corrected chi connectivity index (χ1v) is 12.2. The number of non-ortho nitro benzene ring substituents is 1. The van der Waals surface area contributed by atoms with Crippen LogP contribution < -0.4 is 5.32 Å². The zero-order valence-electron chi connectivity index (χ0n) is 21.5. The molecule has 2 N–H and O–H groups in total. The van der Waals surface area contributed by atoms with Crippen molar-refractivity contribution in [3.8, 4) is 28.0 Å². The third-order valence-corrected chi connectivity index (χ3v) is 6.38. The average Bonchev–Trinajstić information content (AvgIpc) is 2.96. The number of benzene rings is 4. The van der Waals surface area contributed by atoms with Crippen LogP contribution in [0.3, 0.4) is 0 Å². The van der Waals surface area contributed by atoms with Crippen LogP contribution >= 0.6 is 0 Å². The van der Waals surface area contributed by atoms with E-state index in [1.165, 1.54) is 49.6 Å². The van der Waals surface area contributed by atoms with Crippen molar-refractivity contribution >= 4 is 17.6 Å². The van der Waals surface area contributed by atoms with Gasteiger partial charge in [0.25, 0.3) is 11.6 Å². The van der Waals surface area contributed by atoms with Gasteiger partial charge in [0.15, 0.2) is 0 Å². The summed E-state index contributed by atoms with van der Waals surface area (Å²) < 4.78 is 43.6. The fourth-order valence-electron chi connectivity index (χ4n) is 4.17. The Hall–Kier alpha value is -5.19. The van der Waals surface area contributed by atoms with E-state index in [2.05, 4.69) is 5.32 Å². The summed E-state index contributed by atoms with van der Waals surface area (Å²) in [5.74, 6) is -1.89. The number of phenolic OH excluding ortho intramolecular Hbond substituents is 1. The summed E-state index contributed by atoms with van der Waals surface area (Å²) in [5.41, 5.74) is 1.97. The number of alkyl halides is 3. The van der Waals surface area contributed by atoms with Gasteiger partial charge in [-0.2, -0.15) is 13.2 Å². The molecule has 0 aliphatic carbocycles. The summed E-state index contributed by atoms with van der Waals surface area (Å²) >= 11 is 0. The number of phenols is 1. The number of esters is 1. The van der Waals surface area contributed by atoms with Crippen LogP contribution in [0.2, 0.25) is 0 Å². The van der Waals surface area contributed by atoms with Crippen LogP contribution in [0.25, 0.3) is 22.3 Å². The zero-order valence-corrected chi connectivity index (χ0v) is 21.5. The topological polar surface area (TPSA) is 119 Å². The fourth-order valence-corrected chi connectivity index (χ4v) is 4.17. The van der Waals surface area contributed by atoms with E-state index in [0.717, 1.165) is 23.3 Å². The Labute approximate surface area is 232 Å². The van der Waals surface area contributed by atoms with Crippen LogP contribution in [-0.2, 0) is 22.1 Å². The largest absolute Gasteiger partial charge is 0.507 e. The highest BCUT2D eigenvalue weighted by Crippen LogP contribution is 2.32. The number of nitrogens with zero attached hydrogens (tertiary/aromatic N) is 1. The number of carbonyl (C=O) groups is 2. The number of hydrogen-bond donors (Lipinski definition) is 2. The van der Waals surface area contributed by atoms with Crippen molar-refractivity contribution in [3.63, 3.8) is 0 Å². The van der Waals surface area contributed by atoms with Gasteiger partial charge in [0.1, 0.15) is 11.8 Å². The molecule has 4 aromatic carbocycles. The van der Waals surface area contributed by atoms with Crippen LogP contribution in [0.15, 0.2) is 91.0 Å². The third-order valence-electron chi connectivity index (χ3n) is 6.38. The van der Waals surface area contributed by atoms with E-state index in [4.69, 9.17) is 4.74 Å². The Morgan fingerprint density at radius 3 is 1.93 bits per heavy atom. The average molecular weight is 565 g/mol. The summed E-state index contributed by atoms with van der Waals surface area (Å²) in [6.07, 6.45) is -4.44. The predicted molar refractivity (Wildman–Crippen MR) is 144 cm³/mol. The van der Waals surface area contributed by atoms with Crippen LogP contribution in [0.1, 0.15) is 21.5 Å². The number of nitro benzene ring substituents is 1. The van der Waals surface area contributed by atoms with Crippen molar-refractivity contribution in [2.75, 3.05) is 7.11 Å². The number of amides is 1. The van der Waals surface area contributed by atoms with Crippen molar-refractivity contribution in [1.82, 2.24) is 5.32 Å². The smallest absolute Gasteiger partial charge is 0.416 e. The van der Waals surface area contributed by atoms with E-state index in [-0.39, 0.29) is 23.4 Å².